The third-order valence-electron chi connectivity index (χ3n) is 3.65. The number of hydrogen-bond acceptors (Lipinski definition) is 3. The molecule has 1 N–H and O–H groups in total. The van der Waals surface area contributed by atoms with E-state index in [4.69, 9.17) is 0 Å². The van der Waals surface area contributed by atoms with E-state index >= 15 is 0 Å². The molecule has 0 amide bonds. The van der Waals surface area contributed by atoms with Crippen molar-refractivity contribution < 1.29 is 14.3 Å². The van der Waals surface area contributed by atoms with Crippen molar-refractivity contribution in [1.29, 1.82) is 0 Å². The maximum atomic E-state index is 13.0. The first-order valence-corrected chi connectivity index (χ1v) is 6.90. The number of anilines is 1. The number of halogens is 1. The van der Waals surface area contributed by atoms with Crippen molar-refractivity contribution in [2.75, 3.05) is 18.0 Å². The summed E-state index contributed by atoms with van der Waals surface area (Å²) in [6.45, 7) is 1.64. The number of pyridine rings is 1. The second-order valence-electron chi connectivity index (χ2n) is 5.07. The van der Waals surface area contributed by atoms with Crippen molar-refractivity contribution in [3.63, 3.8) is 0 Å². The van der Waals surface area contributed by atoms with E-state index in [9.17, 15) is 14.3 Å². The summed E-state index contributed by atoms with van der Waals surface area (Å²) in [4.78, 5) is 17.8. The zero-order valence-corrected chi connectivity index (χ0v) is 11.4. The molecule has 0 radical (unpaired) electrons. The van der Waals surface area contributed by atoms with Gasteiger partial charge in [-0.3, -0.25) is 0 Å². The molecule has 4 nitrogen and oxygen atoms in total. The Hall–Kier alpha value is -2.43. The number of carboxylic acids is 1. The molecule has 2 heterocycles. The number of benzene rings is 1. The van der Waals surface area contributed by atoms with Crippen LogP contribution in [0.3, 0.4) is 0 Å². The largest absolute Gasteiger partial charge is 0.478 e. The predicted octanol–water partition coefficient (Wildman–Crippen LogP) is 3.19. The molecule has 1 aliphatic heterocycles. The predicted molar refractivity (Wildman–Crippen MR) is 78.0 cm³/mol. The lowest BCUT2D eigenvalue weighted by Crippen LogP contribution is -2.22. The normalized spacial score (nSPS) is 14.4. The summed E-state index contributed by atoms with van der Waals surface area (Å²) in [7, 11) is 0. The van der Waals surface area contributed by atoms with Crippen molar-refractivity contribution in [3.05, 3.63) is 47.8 Å². The quantitative estimate of drug-likeness (QED) is 0.941. The highest BCUT2D eigenvalue weighted by atomic mass is 19.1. The molecule has 0 bridgehead atoms. The Bertz CT molecular complexity index is 664. The maximum absolute atomic E-state index is 13.0. The fourth-order valence-corrected chi connectivity index (χ4v) is 2.57. The van der Waals surface area contributed by atoms with Gasteiger partial charge in [-0.25, -0.2) is 14.2 Å². The lowest BCUT2D eigenvalue weighted by atomic mass is 10.1. The average Bonchev–Trinajstić information content (AvgIpc) is 3.01. The molecule has 0 atom stereocenters. The van der Waals surface area contributed by atoms with E-state index in [1.54, 1.807) is 24.3 Å². The van der Waals surface area contributed by atoms with Gasteiger partial charge in [0.2, 0.25) is 0 Å². The van der Waals surface area contributed by atoms with Gasteiger partial charge in [0, 0.05) is 18.7 Å². The molecular formula is C16H15FN2O2. The molecule has 1 fully saturated rings. The lowest BCUT2D eigenvalue weighted by molar-refractivity contribution is 0.0697. The number of aromatic nitrogens is 1. The van der Waals surface area contributed by atoms with Gasteiger partial charge in [-0.05, 0) is 49.2 Å². The molecule has 0 saturated carbocycles. The van der Waals surface area contributed by atoms with E-state index in [1.807, 2.05) is 4.90 Å². The fraction of sp³-hybridized carbons (Fsp3) is 0.250. The van der Waals surface area contributed by atoms with Gasteiger partial charge < -0.3 is 10.0 Å². The molecule has 2 aromatic rings. The van der Waals surface area contributed by atoms with Gasteiger partial charge in [0.15, 0.2) is 0 Å². The molecule has 1 aromatic heterocycles. The molecule has 0 aliphatic carbocycles. The van der Waals surface area contributed by atoms with Crippen LogP contribution in [0.5, 0.6) is 0 Å². The second kappa shape index (κ2) is 5.52. The van der Waals surface area contributed by atoms with Gasteiger partial charge in [0.05, 0.1) is 5.69 Å². The third-order valence-corrected chi connectivity index (χ3v) is 3.65. The van der Waals surface area contributed by atoms with E-state index in [0.29, 0.717) is 11.5 Å². The number of carbonyl (C=O) groups is 1. The van der Waals surface area contributed by atoms with Crippen molar-refractivity contribution in [3.8, 4) is 11.3 Å². The summed E-state index contributed by atoms with van der Waals surface area (Å²) in [5.41, 5.74) is 1.64. The summed E-state index contributed by atoms with van der Waals surface area (Å²) >= 11 is 0. The minimum absolute atomic E-state index is 0.211. The van der Waals surface area contributed by atoms with Gasteiger partial charge >= 0.3 is 5.97 Å². The van der Waals surface area contributed by atoms with Crippen LogP contribution in [0.4, 0.5) is 10.2 Å². The van der Waals surface area contributed by atoms with E-state index in [1.165, 1.54) is 12.1 Å². The number of aromatic carboxylic acids is 1. The van der Waals surface area contributed by atoms with Crippen LogP contribution >= 0.6 is 0 Å². The Morgan fingerprint density at radius 3 is 2.38 bits per heavy atom. The van der Waals surface area contributed by atoms with E-state index in [-0.39, 0.29) is 11.4 Å². The highest BCUT2D eigenvalue weighted by Crippen LogP contribution is 2.27. The molecule has 0 unspecified atom stereocenters. The highest BCUT2D eigenvalue weighted by Gasteiger charge is 2.21. The van der Waals surface area contributed by atoms with Crippen molar-refractivity contribution in [2.24, 2.45) is 0 Å². The first-order valence-electron chi connectivity index (χ1n) is 6.90. The Morgan fingerprint density at radius 2 is 1.76 bits per heavy atom. The fourth-order valence-electron chi connectivity index (χ4n) is 2.57. The zero-order chi connectivity index (χ0) is 14.8. The van der Waals surface area contributed by atoms with Crippen LogP contribution < -0.4 is 4.90 Å². The van der Waals surface area contributed by atoms with Gasteiger partial charge in [0.25, 0.3) is 0 Å². The van der Waals surface area contributed by atoms with Crippen LogP contribution in [0, 0.1) is 5.82 Å². The van der Waals surface area contributed by atoms with Gasteiger partial charge in [-0.1, -0.05) is 0 Å². The van der Waals surface area contributed by atoms with E-state index < -0.39 is 5.97 Å². The molecule has 3 rings (SSSR count). The minimum atomic E-state index is -0.977. The average molecular weight is 286 g/mol. The second-order valence-corrected chi connectivity index (χ2v) is 5.07. The Labute approximate surface area is 121 Å². The van der Waals surface area contributed by atoms with Gasteiger partial charge in [0.1, 0.15) is 17.2 Å². The molecule has 108 valence electrons. The molecule has 5 heteroatoms. The molecule has 21 heavy (non-hydrogen) atoms. The van der Waals surface area contributed by atoms with Crippen LogP contribution in [0.2, 0.25) is 0 Å². The van der Waals surface area contributed by atoms with Gasteiger partial charge in [-0.15, -0.1) is 0 Å². The van der Waals surface area contributed by atoms with Crippen LogP contribution in [-0.4, -0.2) is 29.1 Å². The van der Waals surface area contributed by atoms with Crippen LogP contribution in [0.15, 0.2) is 36.4 Å². The Morgan fingerprint density at radius 1 is 1.10 bits per heavy atom. The highest BCUT2D eigenvalue weighted by molar-refractivity contribution is 5.94. The van der Waals surface area contributed by atoms with E-state index in [2.05, 4.69) is 4.98 Å². The van der Waals surface area contributed by atoms with Crippen LogP contribution in [0.1, 0.15) is 23.2 Å². The Balaban J connectivity index is 2.05. The van der Waals surface area contributed by atoms with Crippen molar-refractivity contribution in [1.82, 2.24) is 4.98 Å². The SMILES string of the molecule is O=C(O)c1ccc(-c2ccc(F)cc2)nc1N1CCCC1. The Kier molecular flexibility index (Phi) is 3.56. The smallest absolute Gasteiger partial charge is 0.339 e. The molecular weight excluding hydrogens is 271 g/mol. The monoisotopic (exact) mass is 286 g/mol. The number of rotatable bonds is 3. The summed E-state index contributed by atoms with van der Waals surface area (Å²) in [5.74, 6) is -0.780. The van der Waals surface area contributed by atoms with Crippen LogP contribution in [-0.2, 0) is 0 Å². The lowest BCUT2D eigenvalue weighted by Gasteiger charge is -2.19. The van der Waals surface area contributed by atoms with Gasteiger partial charge in [-0.2, -0.15) is 0 Å². The van der Waals surface area contributed by atoms with E-state index in [0.717, 1.165) is 31.5 Å². The van der Waals surface area contributed by atoms with Crippen LogP contribution in [0.25, 0.3) is 11.3 Å². The maximum Gasteiger partial charge on any atom is 0.339 e. The summed E-state index contributed by atoms with van der Waals surface area (Å²) in [6, 6.07) is 9.27. The summed E-state index contributed by atoms with van der Waals surface area (Å²) < 4.78 is 13.0. The van der Waals surface area contributed by atoms with Crippen molar-refractivity contribution in [2.45, 2.75) is 12.8 Å². The minimum Gasteiger partial charge on any atom is -0.478 e. The number of nitrogens with zero attached hydrogens (tertiary/aromatic N) is 2. The number of carboxylic acid groups (broad SMARTS) is 1. The zero-order valence-electron chi connectivity index (χ0n) is 11.4. The summed E-state index contributed by atoms with van der Waals surface area (Å²) in [5, 5.41) is 9.31. The molecule has 0 spiro atoms. The topological polar surface area (TPSA) is 53.4 Å². The van der Waals surface area contributed by atoms with Crippen molar-refractivity contribution >= 4 is 11.8 Å². The third kappa shape index (κ3) is 2.72. The number of hydrogen-bond donors (Lipinski definition) is 1. The summed E-state index contributed by atoms with van der Waals surface area (Å²) in [6.07, 6.45) is 2.09. The molecule has 1 aliphatic rings. The standard InChI is InChI=1S/C16H15FN2O2/c17-12-5-3-11(4-6-12)14-8-7-13(16(20)21)15(18-14)19-9-1-2-10-19/h3-8H,1-2,9-10H2,(H,20,21). The molecule has 1 saturated heterocycles. The first kappa shape index (κ1) is 13.5. The molecule has 1 aromatic carbocycles. The first-order chi connectivity index (χ1) is 10.1.